The summed E-state index contributed by atoms with van der Waals surface area (Å²) in [6.45, 7) is 1.91. The van der Waals surface area contributed by atoms with Crippen molar-refractivity contribution < 1.29 is 9.59 Å². The van der Waals surface area contributed by atoms with Crippen LogP contribution in [0.5, 0.6) is 0 Å². The molecule has 0 saturated heterocycles. The SMILES string of the molecule is Cc1cccc(-c2ccccc2)c1NC(=O)N(S)C(=O)c1ccccc1. The number of hydrogen-bond acceptors (Lipinski definition) is 3. The molecular weight excluding hydrogens is 344 g/mol. The molecule has 0 bridgehead atoms. The van der Waals surface area contributed by atoms with Crippen molar-refractivity contribution in [2.45, 2.75) is 6.92 Å². The van der Waals surface area contributed by atoms with Gasteiger partial charge in [-0.05, 0) is 30.2 Å². The van der Waals surface area contributed by atoms with Gasteiger partial charge in [0.05, 0.1) is 5.69 Å². The largest absolute Gasteiger partial charge is 0.338 e. The summed E-state index contributed by atoms with van der Waals surface area (Å²) in [6, 6.07) is 23.5. The Morgan fingerprint density at radius 1 is 0.846 bits per heavy atom. The summed E-state index contributed by atoms with van der Waals surface area (Å²) in [5.74, 6) is -0.485. The van der Waals surface area contributed by atoms with E-state index in [0.717, 1.165) is 21.0 Å². The molecule has 3 amide bonds. The Hall–Kier alpha value is -3.05. The van der Waals surface area contributed by atoms with Gasteiger partial charge in [-0.15, -0.1) is 0 Å². The van der Waals surface area contributed by atoms with Crippen LogP contribution < -0.4 is 5.32 Å². The van der Waals surface area contributed by atoms with Crippen LogP contribution in [0.25, 0.3) is 11.1 Å². The predicted molar refractivity (Wildman–Crippen MR) is 107 cm³/mol. The van der Waals surface area contributed by atoms with E-state index in [4.69, 9.17) is 0 Å². The van der Waals surface area contributed by atoms with Gasteiger partial charge in [0.25, 0.3) is 5.91 Å². The molecule has 0 spiro atoms. The van der Waals surface area contributed by atoms with Crippen molar-refractivity contribution in [3.05, 3.63) is 90.0 Å². The van der Waals surface area contributed by atoms with Gasteiger partial charge in [-0.2, -0.15) is 0 Å². The van der Waals surface area contributed by atoms with E-state index in [2.05, 4.69) is 18.1 Å². The minimum Gasteiger partial charge on any atom is -0.306 e. The molecule has 3 aromatic carbocycles. The summed E-state index contributed by atoms with van der Waals surface area (Å²) in [5, 5.41) is 2.82. The van der Waals surface area contributed by atoms with E-state index >= 15 is 0 Å². The number of anilines is 1. The summed E-state index contributed by atoms with van der Waals surface area (Å²) >= 11 is 4.09. The molecular formula is C21H18N2O2S. The first kappa shape index (κ1) is 17.8. The van der Waals surface area contributed by atoms with Crippen molar-refractivity contribution in [2.24, 2.45) is 0 Å². The van der Waals surface area contributed by atoms with Gasteiger partial charge in [-0.3, -0.25) is 4.79 Å². The second kappa shape index (κ2) is 7.89. The second-order valence-electron chi connectivity index (χ2n) is 5.78. The van der Waals surface area contributed by atoms with E-state index in [1.54, 1.807) is 30.3 Å². The molecule has 5 heteroatoms. The van der Waals surface area contributed by atoms with Crippen molar-refractivity contribution in [3.8, 4) is 11.1 Å². The Morgan fingerprint density at radius 2 is 1.46 bits per heavy atom. The van der Waals surface area contributed by atoms with E-state index in [-0.39, 0.29) is 0 Å². The summed E-state index contributed by atoms with van der Waals surface area (Å²) in [5.41, 5.74) is 3.81. The molecule has 0 aliphatic heterocycles. The first-order valence-corrected chi connectivity index (χ1v) is 8.52. The van der Waals surface area contributed by atoms with Crippen molar-refractivity contribution in [1.29, 1.82) is 0 Å². The van der Waals surface area contributed by atoms with E-state index < -0.39 is 11.9 Å². The number of para-hydroxylation sites is 1. The lowest BCUT2D eigenvalue weighted by atomic mass is 10.0. The number of hydrogen-bond donors (Lipinski definition) is 2. The van der Waals surface area contributed by atoms with Gasteiger partial charge < -0.3 is 5.32 Å². The molecule has 4 nitrogen and oxygen atoms in total. The van der Waals surface area contributed by atoms with Crippen LogP contribution in [-0.4, -0.2) is 16.2 Å². The van der Waals surface area contributed by atoms with Crippen LogP contribution >= 0.6 is 12.8 Å². The Morgan fingerprint density at radius 3 is 2.12 bits per heavy atom. The van der Waals surface area contributed by atoms with Crippen LogP contribution in [-0.2, 0) is 0 Å². The van der Waals surface area contributed by atoms with Crippen molar-refractivity contribution >= 4 is 30.4 Å². The van der Waals surface area contributed by atoms with E-state index in [0.29, 0.717) is 11.3 Å². The van der Waals surface area contributed by atoms with Crippen LogP contribution in [0, 0.1) is 6.92 Å². The highest BCUT2D eigenvalue weighted by molar-refractivity contribution is 7.79. The Kier molecular flexibility index (Phi) is 5.39. The third kappa shape index (κ3) is 3.78. The average Bonchev–Trinajstić information content (AvgIpc) is 2.69. The van der Waals surface area contributed by atoms with Gasteiger partial charge in [0.1, 0.15) is 0 Å². The first-order chi connectivity index (χ1) is 12.6. The lowest BCUT2D eigenvalue weighted by Gasteiger charge is -2.18. The highest BCUT2D eigenvalue weighted by atomic mass is 32.1. The molecule has 3 rings (SSSR count). The number of nitrogens with zero attached hydrogens (tertiary/aromatic N) is 1. The monoisotopic (exact) mass is 362 g/mol. The van der Waals surface area contributed by atoms with Crippen molar-refractivity contribution in [2.75, 3.05) is 5.32 Å². The van der Waals surface area contributed by atoms with Gasteiger partial charge in [0.15, 0.2) is 0 Å². The Bertz CT molecular complexity index is 927. The smallest absolute Gasteiger partial charge is 0.306 e. The van der Waals surface area contributed by atoms with Crippen LogP contribution in [0.2, 0.25) is 0 Å². The fourth-order valence-corrected chi connectivity index (χ4v) is 2.81. The minimum atomic E-state index is -0.603. The highest BCUT2D eigenvalue weighted by Crippen LogP contribution is 2.31. The van der Waals surface area contributed by atoms with Crippen LogP contribution in [0.15, 0.2) is 78.9 Å². The van der Waals surface area contributed by atoms with Gasteiger partial charge in [-0.1, -0.05) is 79.5 Å². The quantitative estimate of drug-likeness (QED) is 0.631. The normalized spacial score (nSPS) is 10.2. The van der Waals surface area contributed by atoms with Crippen LogP contribution in [0.3, 0.4) is 0 Å². The maximum absolute atomic E-state index is 12.6. The number of imide groups is 1. The second-order valence-corrected chi connectivity index (χ2v) is 6.18. The van der Waals surface area contributed by atoms with Gasteiger partial charge in [0, 0.05) is 11.1 Å². The zero-order valence-corrected chi connectivity index (χ0v) is 15.1. The first-order valence-electron chi connectivity index (χ1n) is 8.12. The standard InChI is InChI=1S/C21H18N2O2S/c1-15-9-8-14-18(16-10-4-2-5-11-16)19(15)22-21(25)23(26)20(24)17-12-6-3-7-13-17/h2-14,26H,1H3,(H,22,25). The molecule has 0 fully saturated rings. The number of rotatable bonds is 3. The highest BCUT2D eigenvalue weighted by Gasteiger charge is 2.21. The zero-order valence-electron chi connectivity index (χ0n) is 14.2. The number of urea groups is 1. The van der Waals surface area contributed by atoms with Crippen molar-refractivity contribution in [3.63, 3.8) is 0 Å². The molecule has 0 radical (unpaired) electrons. The number of nitrogens with one attached hydrogen (secondary N) is 1. The fourth-order valence-electron chi connectivity index (χ4n) is 2.65. The Labute approximate surface area is 158 Å². The van der Waals surface area contributed by atoms with Gasteiger partial charge >= 0.3 is 6.03 Å². The van der Waals surface area contributed by atoms with Crippen LogP contribution in [0.4, 0.5) is 10.5 Å². The van der Waals surface area contributed by atoms with Crippen LogP contribution in [0.1, 0.15) is 15.9 Å². The van der Waals surface area contributed by atoms with Gasteiger partial charge in [0.2, 0.25) is 0 Å². The molecule has 0 aliphatic rings. The summed E-state index contributed by atoms with van der Waals surface area (Å²) in [6.07, 6.45) is 0. The number of thiol groups is 1. The average molecular weight is 362 g/mol. The van der Waals surface area contributed by atoms with Crippen molar-refractivity contribution in [1.82, 2.24) is 4.31 Å². The lowest BCUT2D eigenvalue weighted by Crippen LogP contribution is -2.33. The molecule has 0 heterocycles. The number of benzene rings is 3. The van der Waals surface area contributed by atoms with Gasteiger partial charge in [-0.25, -0.2) is 9.10 Å². The molecule has 1 N–H and O–H groups in total. The van der Waals surface area contributed by atoms with E-state index in [9.17, 15) is 9.59 Å². The molecule has 0 unspecified atom stereocenters. The molecule has 3 aromatic rings. The minimum absolute atomic E-state index is 0.394. The zero-order chi connectivity index (χ0) is 18.5. The number of carbonyl (C=O) groups excluding carboxylic acids is 2. The Balaban J connectivity index is 1.87. The maximum Gasteiger partial charge on any atom is 0.338 e. The maximum atomic E-state index is 12.6. The van der Waals surface area contributed by atoms with E-state index in [1.165, 1.54) is 0 Å². The third-order valence-electron chi connectivity index (χ3n) is 3.99. The summed E-state index contributed by atoms with van der Waals surface area (Å²) in [7, 11) is 0. The summed E-state index contributed by atoms with van der Waals surface area (Å²) < 4.78 is 0.788. The number of amides is 3. The topological polar surface area (TPSA) is 49.4 Å². The molecule has 0 atom stereocenters. The molecule has 26 heavy (non-hydrogen) atoms. The number of aryl methyl sites for hydroxylation is 1. The molecule has 0 aromatic heterocycles. The molecule has 0 saturated carbocycles. The molecule has 0 aliphatic carbocycles. The third-order valence-corrected chi connectivity index (χ3v) is 4.36. The lowest BCUT2D eigenvalue weighted by molar-refractivity contribution is 0.0902. The fraction of sp³-hybridized carbons (Fsp3) is 0.0476. The number of carbonyl (C=O) groups is 2. The molecule has 130 valence electrons. The predicted octanol–water partition coefficient (Wildman–Crippen LogP) is 5.18. The summed E-state index contributed by atoms with van der Waals surface area (Å²) in [4.78, 5) is 25.0. The van der Waals surface area contributed by atoms with E-state index in [1.807, 2.05) is 55.5 Å².